The van der Waals surface area contributed by atoms with E-state index in [2.05, 4.69) is 10.1 Å². The van der Waals surface area contributed by atoms with Crippen molar-refractivity contribution in [2.75, 3.05) is 0 Å². The van der Waals surface area contributed by atoms with E-state index in [1.807, 2.05) is 13.8 Å². The standard InChI is InChI=1S/C13H12F3N3O/c1-8(2)10-4-6-12(20)19(18-10)11-5-3-9(7-17-11)13(14,15)16/h3-8H,1-2H3. The molecule has 0 N–H and O–H groups in total. The molecule has 0 aliphatic carbocycles. The second-order valence-corrected chi connectivity index (χ2v) is 4.57. The van der Waals surface area contributed by atoms with Gasteiger partial charge in [0.05, 0.1) is 11.3 Å². The van der Waals surface area contributed by atoms with Crippen molar-refractivity contribution in [2.24, 2.45) is 0 Å². The second kappa shape index (κ2) is 5.07. The summed E-state index contributed by atoms with van der Waals surface area (Å²) in [6.45, 7) is 3.80. The zero-order chi connectivity index (χ0) is 14.9. The molecule has 0 saturated heterocycles. The highest BCUT2D eigenvalue weighted by Gasteiger charge is 2.30. The van der Waals surface area contributed by atoms with Gasteiger partial charge in [-0.05, 0) is 24.1 Å². The Morgan fingerprint density at radius 2 is 1.85 bits per heavy atom. The molecule has 0 aromatic carbocycles. The highest BCUT2D eigenvalue weighted by atomic mass is 19.4. The highest BCUT2D eigenvalue weighted by Crippen LogP contribution is 2.28. The van der Waals surface area contributed by atoms with Crippen LogP contribution in [0.15, 0.2) is 35.3 Å². The summed E-state index contributed by atoms with van der Waals surface area (Å²) >= 11 is 0. The summed E-state index contributed by atoms with van der Waals surface area (Å²) < 4.78 is 38.3. The Morgan fingerprint density at radius 3 is 2.35 bits per heavy atom. The zero-order valence-electron chi connectivity index (χ0n) is 10.8. The van der Waals surface area contributed by atoms with Crippen LogP contribution in [0.1, 0.15) is 31.0 Å². The van der Waals surface area contributed by atoms with Crippen molar-refractivity contribution in [2.45, 2.75) is 25.9 Å². The predicted octanol–water partition coefficient (Wildman–Crippen LogP) is 2.77. The van der Waals surface area contributed by atoms with E-state index < -0.39 is 17.3 Å². The number of hydrogen-bond donors (Lipinski definition) is 0. The number of nitrogens with zero attached hydrogens (tertiary/aromatic N) is 3. The molecule has 106 valence electrons. The molecule has 7 heteroatoms. The minimum absolute atomic E-state index is 0.0606. The lowest BCUT2D eigenvalue weighted by Crippen LogP contribution is -2.22. The zero-order valence-corrected chi connectivity index (χ0v) is 10.8. The molecule has 0 atom stereocenters. The third kappa shape index (κ3) is 2.87. The molecule has 2 heterocycles. The summed E-state index contributed by atoms with van der Waals surface area (Å²) in [7, 11) is 0. The normalized spacial score (nSPS) is 11.9. The van der Waals surface area contributed by atoms with Gasteiger partial charge in [0.1, 0.15) is 0 Å². The number of hydrogen-bond acceptors (Lipinski definition) is 3. The number of halogens is 3. The van der Waals surface area contributed by atoms with Crippen molar-refractivity contribution in [3.8, 4) is 5.82 Å². The number of alkyl halides is 3. The lowest BCUT2D eigenvalue weighted by molar-refractivity contribution is -0.137. The van der Waals surface area contributed by atoms with Crippen molar-refractivity contribution in [3.63, 3.8) is 0 Å². The van der Waals surface area contributed by atoms with Gasteiger partial charge in [0.25, 0.3) is 5.56 Å². The minimum Gasteiger partial charge on any atom is -0.267 e. The van der Waals surface area contributed by atoms with Crippen LogP contribution in [0, 0.1) is 0 Å². The van der Waals surface area contributed by atoms with Gasteiger partial charge in [-0.1, -0.05) is 13.8 Å². The Bertz CT molecular complexity index is 660. The van der Waals surface area contributed by atoms with Gasteiger partial charge in [0.15, 0.2) is 5.82 Å². The van der Waals surface area contributed by atoms with Crippen LogP contribution in [0.25, 0.3) is 5.82 Å². The first-order chi connectivity index (χ1) is 9.29. The highest BCUT2D eigenvalue weighted by molar-refractivity contribution is 5.26. The van der Waals surface area contributed by atoms with Gasteiger partial charge in [-0.2, -0.15) is 23.0 Å². The molecule has 0 amide bonds. The van der Waals surface area contributed by atoms with Crippen LogP contribution in [-0.4, -0.2) is 14.8 Å². The summed E-state index contributed by atoms with van der Waals surface area (Å²) in [6.07, 6.45) is -3.77. The molecule has 0 unspecified atom stereocenters. The van der Waals surface area contributed by atoms with Gasteiger partial charge in [-0.3, -0.25) is 4.79 Å². The van der Waals surface area contributed by atoms with Crippen LogP contribution in [0.3, 0.4) is 0 Å². The van der Waals surface area contributed by atoms with Crippen LogP contribution in [0.4, 0.5) is 13.2 Å². The Kier molecular flexibility index (Phi) is 3.61. The topological polar surface area (TPSA) is 47.8 Å². The molecule has 4 nitrogen and oxygen atoms in total. The summed E-state index contributed by atoms with van der Waals surface area (Å²) in [5.41, 5.74) is -0.651. The first-order valence-corrected chi connectivity index (χ1v) is 5.93. The third-order valence-corrected chi connectivity index (χ3v) is 2.70. The molecule has 0 fully saturated rings. The summed E-state index contributed by atoms with van der Waals surface area (Å²) in [4.78, 5) is 15.4. The minimum atomic E-state index is -4.45. The van der Waals surface area contributed by atoms with Gasteiger partial charge in [-0.15, -0.1) is 0 Å². The fourth-order valence-corrected chi connectivity index (χ4v) is 1.58. The van der Waals surface area contributed by atoms with Gasteiger partial charge in [0.2, 0.25) is 0 Å². The van der Waals surface area contributed by atoms with Crippen molar-refractivity contribution >= 4 is 0 Å². The molecule has 2 aromatic rings. The van der Waals surface area contributed by atoms with Crippen LogP contribution in [0.5, 0.6) is 0 Å². The average molecular weight is 283 g/mol. The number of pyridine rings is 1. The molecule has 0 radical (unpaired) electrons. The largest absolute Gasteiger partial charge is 0.417 e. The van der Waals surface area contributed by atoms with Crippen LogP contribution < -0.4 is 5.56 Å². The Balaban J connectivity index is 2.46. The molecule has 0 saturated carbocycles. The molecule has 2 aromatic heterocycles. The summed E-state index contributed by atoms with van der Waals surface area (Å²) in [5, 5.41) is 4.09. The maximum absolute atomic E-state index is 12.4. The van der Waals surface area contributed by atoms with E-state index in [1.54, 1.807) is 6.07 Å². The smallest absolute Gasteiger partial charge is 0.267 e. The fraction of sp³-hybridized carbons (Fsp3) is 0.308. The first kappa shape index (κ1) is 14.2. The molecule has 0 aliphatic heterocycles. The summed E-state index contributed by atoms with van der Waals surface area (Å²) in [5.74, 6) is 0.154. The van der Waals surface area contributed by atoms with Crippen molar-refractivity contribution < 1.29 is 13.2 Å². The molecular weight excluding hydrogens is 271 g/mol. The second-order valence-electron chi connectivity index (χ2n) is 4.57. The van der Waals surface area contributed by atoms with Crippen molar-refractivity contribution in [1.29, 1.82) is 0 Å². The average Bonchev–Trinajstić information content (AvgIpc) is 2.38. The monoisotopic (exact) mass is 283 g/mol. The molecular formula is C13H12F3N3O. The van der Waals surface area contributed by atoms with E-state index >= 15 is 0 Å². The summed E-state index contributed by atoms with van der Waals surface area (Å²) in [6, 6.07) is 4.91. The number of rotatable bonds is 2. The van der Waals surface area contributed by atoms with E-state index in [0.29, 0.717) is 11.9 Å². The molecule has 0 spiro atoms. The maximum Gasteiger partial charge on any atom is 0.417 e. The first-order valence-electron chi connectivity index (χ1n) is 5.93. The van der Waals surface area contributed by atoms with Gasteiger partial charge in [0, 0.05) is 12.3 Å². The predicted molar refractivity (Wildman–Crippen MR) is 66.7 cm³/mol. The van der Waals surface area contributed by atoms with E-state index in [-0.39, 0.29) is 11.7 Å². The Morgan fingerprint density at radius 1 is 1.15 bits per heavy atom. The van der Waals surface area contributed by atoms with E-state index in [1.165, 1.54) is 6.07 Å². The van der Waals surface area contributed by atoms with Gasteiger partial charge < -0.3 is 0 Å². The van der Waals surface area contributed by atoms with Gasteiger partial charge >= 0.3 is 6.18 Å². The number of aromatic nitrogens is 3. The third-order valence-electron chi connectivity index (χ3n) is 2.70. The SMILES string of the molecule is CC(C)c1ccc(=O)n(-c2ccc(C(F)(F)F)cn2)n1. The maximum atomic E-state index is 12.4. The van der Waals surface area contributed by atoms with Crippen LogP contribution >= 0.6 is 0 Å². The molecule has 20 heavy (non-hydrogen) atoms. The van der Waals surface area contributed by atoms with E-state index in [0.717, 1.165) is 16.8 Å². The van der Waals surface area contributed by atoms with E-state index in [9.17, 15) is 18.0 Å². The Labute approximate surface area is 112 Å². The van der Waals surface area contributed by atoms with Crippen molar-refractivity contribution in [1.82, 2.24) is 14.8 Å². The fourth-order valence-electron chi connectivity index (χ4n) is 1.58. The van der Waals surface area contributed by atoms with Crippen molar-refractivity contribution in [3.05, 3.63) is 52.1 Å². The molecule has 0 bridgehead atoms. The Hall–Kier alpha value is -2.18. The molecule has 2 rings (SSSR count). The lowest BCUT2D eigenvalue weighted by Gasteiger charge is -2.09. The van der Waals surface area contributed by atoms with Crippen LogP contribution in [0.2, 0.25) is 0 Å². The van der Waals surface area contributed by atoms with Crippen LogP contribution in [-0.2, 0) is 6.18 Å². The van der Waals surface area contributed by atoms with Gasteiger partial charge in [-0.25, -0.2) is 4.98 Å². The lowest BCUT2D eigenvalue weighted by atomic mass is 10.1. The quantitative estimate of drug-likeness (QED) is 0.851. The molecule has 0 aliphatic rings. The van der Waals surface area contributed by atoms with E-state index in [4.69, 9.17) is 0 Å².